The van der Waals surface area contributed by atoms with Crippen LogP contribution in [0.1, 0.15) is 11.4 Å². The van der Waals surface area contributed by atoms with E-state index in [1.54, 1.807) is 14.2 Å². The fraction of sp³-hybridized carbons (Fsp3) is 0.278. The van der Waals surface area contributed by atoms with Gasteiger partial charge < -0.3 is 15.4 Å². The summed E-state index contributed by atoms with van der Waals surface area (Å²) in [5, 5.41) is 14.9. The van der Waals surface area contributed by atoms with Crippen LogP contribution in [0, 0.1) is 0 Å². The molecule has 0 aliphatic heterocycles. The molecule has 0 amide bonds. The fourth-order valence-electron chi connectivity index (χ4n) is 2.62. The summed E-state index contributed by atoms with van der Waals surface area (Å²) >= 11 is 0. The van der Waals surface area contributed by atoms with Crippen molar-refractivity contribution in [1.82, 2.24) is 25.2 Å². The van der Waals surface area contributed by atoms with Crippen LogP contribution in [-0.2, 0) is 13.0 Å². The van der Waals surface area contributed by atoms with Crippen molar-refractivity contribution in [3.05, 3.63) is 60.0 Å². The molecule has 2 aromatic heterocycles. The van der Waals surface area contributed by atoms with E-state index < -0.39 is 0 Å². The second-order valence-electron chi connectivity index (χ2n) is 5.46. The number of fused-ring (bicyclic) bond motifs is 1. The van der Waals surface area contributed by atoms with Crippen LogP contribution in [0.4, 0.5) is 0 Å². The monoisotopic (exact) mass is 338 g/mol. The molecule has 0 saturated heterocycles. The molecule has 0 bridgehead atoms. The topological polar surface area (TPSA) is 75.8 Å². The Labute approximate surface area is 146 Å². The lowest BCUT2D eigenvalue weighted by molar-refractivity contribution is 0.409. The van der Waals surface area contributed by atoms with E-state index in [0.29, 0.717) is 6.54 Å². The quantitative estimate of drug-likeness (QED) is 0.528. The first kappa shape index (κ1) is 16.8. The van der Waals surface area contributed by atoms with Gasteiger partial charge in [0.05, 0.1) is 13.7 Å². The van der Waals surface area contributed by atoms with Crippen LogP contribution in [0.25, 0.3) is 5.65 Å². The molecule has 0 radical (unpaired) electrons. The highest BCUT2D eigenvalue weighted by atomic mass is 16.5. The number of ether oxygens (including phenoxy) is 1. The molecule has 0 fully saturated rings. The number of guanidine groups is 1. The summed E-state index contributed by atoms with van der Waals surface area (Å²) in [6, 6.07) is 13.9. The van der Waals surface area contributed by atoms with Crippen molar-refractivity contribution in [2.24, 2.45) is 4.99 Å². The number of hydrogen-bond donors (Lipinski definition) is 2. The van der Waals surface area contributed by atoms with Gasteiger partial charge in [0, 0.05) is 19.8 Å². The summed E-state index contributed by atoms with van der Waals surface area (Å²) in [5.74, 6) is 2.47. The van der Waals surface area contributed by atoms with Gasteiger partial charge in [0.15, 0.2) is 17.4 Å². The van der Waals surface area contributed by atoms with Crippen LogP contribution in [-0.4, -0.2) is 41.3 Å². The molecule has 0 saturated carbocycles. The maximum Gasteiger partial charge on any atom is 0.191 e. The summed E-state index contributed by atoms with van der Waals surface area (Å²) in [7, 11) is 3.44. The minimum atomic E-state index is 0.541. The SMILES string of the molecule is CN=C(NCCc1ccccc1OC)NCc1nnc2ccccn12. The zero-order valence-electron chi connectivity index (χ0n) is 14.4. The molecule has 0 spiro atoms. The Bertz CT molecular complexity index is 857. The molecular weight excluding hydrogens is 316 g/mol. The second kappa shape index (κ2) is 8.14. The molecule has 0 aliphatic carbocycles. The van der Waals surface area contributed by atoms with E-state index in [9.17, 15) is 0 Å². The third kappa shape index (κ3) is 4.06. The van der Waals surface area contributed by atoms with Gasteiger partial charge >= 0.3 is 0 Å². The van der Waals surface area contributed by atoms with Gasteiger partial charge in [0.25, 0.3) is 0 Å². The number of pyridine rings is 1. The summed E-state index contributed by atoms with van der Waals surface area (Å²) in [4.78, 5) is 4.25. The number of rotatable bonds is 6. The van der Waals surface area contributed by atoms with Crippen molar-refractivity contribution in [2.75, 3.05) is 20.7 Å². The van der Waals surface area contributed by atoms with Crippen LogP contribution in [0.5, 0.6) is 5.75 Å². The van der Waals surface area contributed by atoms with Gasteiger partial charge in [-0.15, -0.1) is 10.2 Å². The first-order valence-corrected chi connectivity index (χ1v) is 8.17. The Hall–Kier alpha value is -3.09. The Kier molecular flexibility index (Phi) is 5.46. The first-order chi connectivity index (χ1) is 12.3. The van der Waals surface area contributed by atoms with Crippen LogP contribution < -0.4 is 15.4 Å². The molecule has 2 N–H and O–H groups in total. The van der Waals surface area contributed by atoms with Crippen molar-refractivity contribution < 1.29 is 4.74 Å². The van der Waals surface area contributed by atoms with E-state index in [4.69, 9.17) is 4.74 Å². The largest absolute Gasteiger partial charge is 0.496 e. The summed E-state index contributed by atoms with van der Waals surface area (Å²) in [5.41, 5.74) is 2.00. The van der Waals surface area contributed by atoms with Crippen LogP contribution in [0.15, 0.2) is 53.7 Å². The molecule has 0 atom stereocenters. The highest BCUT2D eigenvalue weighted by Gasteiger charge is 2.06. The van der Waals surface area contributed by atoms with Crippen LogP contribution in [0.2, 0.25) is 0 Å². The minimum Gasteiger partial charge on any atom is -0.496 e. The van der Waals surface area contributed by atoms with E-state index in [2.05, 4.69) is 31.9 Å². The number of aliphatic imine (C=N–C) groups is 1. The smallest absolute Gasteiger partial charge is 0.191 e. The number of nitrogens with one attached hydrogen (secondary N) is 2. The minimum absolute atomic E-state index is 0.541. The Morgan fingerprint density at radius 1 is 1.12 bits per heavy atom. The van der Waals surface area contributed by atoms with Gasteiger partial charge in [-0.1, -0.05) is 24.3 Å². The van der Waals surface area contributed by atoms with Gasteiger partial charge in [0.2, 0.25) is 0 Å². The normalized spacial score (nSPS) is 11.5. The van der Waals surface area contributed by atoms with Crippen LogP contribution >= 0.6 is 0 Å². The lowest BCUT2D eigenvalue weighted by Gasteiger charge is -2.12. The van der Waals surface area contributed by atoms with E-state index in [1.165, 1.54) is 0 Å². The number of para-hydroxylation sites is 1. The average molecular weight is 338 g/mol. The first-order valence-electron chi connectivity index (χ1n) is 8.17. The zero-order chi connectivity index (χ0) is 17.5. The third-order valence-electron chi connectivity index (χ3n) is 3.90. The summed E-state index contributed by atoms with van der Waals surface area (Å²) in [6.07, 6.45) is 2.79. The van der Waals surface area contributed by atoms with Crippen LogP contribution in [0.3, 0.4) is 0 Å². The summed E-state index contributed by atoms with van der Waals surface area (Å²) < 4.78 is 7.33. The van der Waals surface area contributed by atoms with Gasteiger partial charge in [-0.25, -0.2) is 0 Å². The number of hydrogen-bond acceptors (Lipinski definition) is 4. The van der Waals surface area contributed by atoms with Gasteiger partial charge in [0.1, 0.15) is 5.75 Å². The molecule has 2 heterocycles. The van der Waals surface area contributed by atoms with Crippen molar-refractivity contribution in [1.29, 1.82) is 0 Å². The predicted octanol–water partition coefficient (Wildman–Crippen LogP) is 1.65. The Morgan fingerprint density at radius 2 is 1.96 bits per heavy atom. The maximum absolute atomic E-state index is 5.37. The molecule has 0 aliphatic rings. The highest BCUT2D eigenvalue weighted by molar-refractivity contribution is 5.79. The second-order valence-corrected chi connectivity index (χ2v) is 5.46. The van der Waals surface area contributed by atoms with Crippen molar-refractivity contribution in [2.45, 2.75) is 13.0 Å². The predicted molar refractivity (Wildman–Crippen MR) is 97.9 cm³/mol. The molecule has 25 heavy (non-hydrogen) atoms. The van der Waals surface area contributed by atoms with E-state index in [-0.39, 0.29) is 0 Å². The molecular formula is C18H22N6O. The molecule has 1 aromatic carbocycles. The molecule has 3 rings (SSSR count). The highest BCUT2D eigenvalue weighted by Crippen LogP contribution is 2.17. The van der Waals surface area contributed by atoms with E-state index >= 15 is 0 Å². The standard InChI is InChI=1S/C18H22N6O/c1-19-18(20-11-10-14-7-3-4-8-15(14)25-2)21-13-17-23-22-16-9-5-6-12-24(16)17/h3-9,12H,10-11,13H2,1-2H3,(H2,19,20,21). The lowest BCUT2D eigenvalue weighted by Crippen LogP contribution is -2.38. The van der Waals surface area contributed by atoms with Crippen molar-refractivity contribution in [3.63, 3.8) is 0 Å². The molecule has 7 nitrogen and oxygen atoms in total. The summed E-state index contributed by atoms with van der Waals surface area (Å²) in [6.45, 7) is 1.29. The number of benzene rings is 1. The van der Waals surface area contributed by atoms with Crippen molar-refractivity contribution >= 4 is 11.6 Å². The van der Waals surface area contributed by atoms with Gasteiger partial charge in [-0.3, -0.25) is 9.39 Å². The fourth-order valence-corrected chi connectivity index (χ4v) is 2.62. The lowest BCUT2D eigenvalue weighted by atomic mass is 10.1. The third-order valence-corrected chi connectivity index (χ3v) is 3.90. The van der Waals surface area contributed by atoms with E-state index in [1.807, 2.05) is 47.0 Å². The maximum atomic E-state index is 5.37. The molecule has 130 valence electrons. The number of aromatic nitrogens is 3. The Balaban J connectivity index is 1.53. The zero-order valence-corrected chi connectivity index (χ0v) is 14.4. The Morgan fingerprint density at radius 3 is 2.80 bits per heavy atom. The average Bonchev–Trinajstić information content (AvgIpc) is 3.08. The van der Waals surface area contributed by atoms with Gasteiger partial charge in [-0.2, -0.15) is 0 Å². The molecule has 0 unspecified atom stereocenters. The molecule has 3 aromatic rings. The van der Waals surface area contributed by atoms with Gasteiger partial charge in [-0.05, 0) is 30.2 Å². The number of nitrogens with zero attached hydrogens (tertiary/aromatic N) is 4. The number of methoxy groups -OCH3 is 1. The van der Waals surface area contributed by atoms with E-state index in [0.717, 1.165) is 41.7 Å². The molecule has 7 heteroatoms. The van der Waals surface area contributed by atoms with Crippen molar-refractivity contribution in [3.8, 4) is 5.75 Å².